The number of hydrogen-bond acceptors (Lipinski definition) is 3. The third-order valence-corrected chi connectivity index (χ3v) is 4.06. The van der Waals surface area contributed by atoms with Gasteiger partial charge in [0.15, 0.2) is 0 Å². The van der Waals surface area contributed by atoms with E-state index < -0.39 is 12.1 Å². The van der Waals surface area contributed by atoms with E-state index in [1.54, 1.807) is 31.2 Å². The third kappa shape index (κ3) is 3.15. The van der Waals surface area contributed by atoms with E-state index in [9.17, 15) is 9.90 Å². The van der Waals surface area contributed by atoms with Crippen molar-refractivity contribution < 1.29 is 14.6 Å². The van der Waals surface area contributed by atoms with E-state index in [2.05, 4.69) is 0 Å². The number of benzene rings is 3. The molecule has 0 amide bonds. The average molecular weight is 327 g/mol. The summed E-state index contributed by atoms with van der Waals surface area (Å²) in [6, 6.07) is 17.9. The lowest BCUT2D eigenvalue weighted by molar-refractivity contribution is 0.0335. The molecule has 0 aromatic heterocycles. The SMILES string of the molecule is C[C@H](OC(=O)c1cc2ccccc2cc1O)c1ccccc1Cl. The Labute approximate surface area is 139 Å². The van der Waals surface area contributed by atoms with Crippen LogP contribution in [0.15, 0.2) is 60.7 Å². The molecular weight excluding hydrogens is 312 g/mol. The maximum Gasteiger partial charge on any atom is 0.342 e. The first kappa shape index (κ1) is 15.4. The highest BCUT2D eigenvalue weighted by molar-refractivity contribution is 6.31. The standard InChI is InChI=1S/C19H15ClO3/c1-12(15-8-4-5-9-17(15)20)23-19(22)16-10-13-6-2-3-7-14(13)11-18(16)21/h2-12,21H,1H3/t12-/m0/s1. The molecule has 0 saturated carbocycles. The van der Waals surface area contributed by atoms with Gasteiger partial charge < -0.3 is 9.84 Å². The Kier molecular flexibility index (Phi) is 4.22. The van der Waals surface area contributed by atoms with Crippen LogP contribution in [-0.4, -0.2) is 11.1 Å². The van der Waals surface area contributed by atoms with Crippen LogP contribution >= 0.6 is 11.6 Å². The molecule has 0 aliphatic rings. The minimum atomic E-state index is -0.583. The van der Waals surface area contributed by atoms with E-state index in [1.165, 1.54) is 0 Å². The van der Waals surface area contributed by atoms with Crippen molar-refractivity contribution in [3.63, 3.8) is 0 Å². The van der Waals surface area contributed by atoms with Crippen molar-refractivity contribution in [2.24, 2.45) is 0 Å². The summed E-state index contributed by atoms with van der Waals surface area (Å²) in [5.74, 6) is -0.680. The van der Waals surface area contributed by atoms with Crippen LogP contribution in [0.3, 0.4) is 0 Å². The molecule has 4 heteroatoms. The number of fused-ring (bicyclic) bond motifs is 1. The first-order valence-electron chi connectivity index (χ1n) is 7.23. The zero-order valence-corrected chi connectivity index (χ0v) is 13.2. The van der Waals surface area contributed by atoms with Crippen molar-refractivity contribution in [3.05, 3.63) is 76.8 Å². The number of hydrogen-bond donors (Lipinski definition) is 1. The Morgan fingerprint density at radius 2 is 1.65 bits per heavy atom. The fraction of sp³-hybridized carbons (Fsp3) is 0.105. The van der Waals surface area contributed by atoms with Crippen LogP contribution in [0, 0.1) is 0 Å². The number of rotatable bonds is 3. The van der Waals surface area contributed by atoms with E-state index in [0.717, 1.165) is 16.3 Å². The van der Waals surface area contributed by atoms with Gasteiger partial charge in [-0.05, 0) is 35.9 Å². The number of carbonyl (C=O) groups is 1. The van der Waals surface area contributed by atoms with Gasteiger partial charge in [-0.15, -0.1) is 0 Å². The van der Waals surface area contributed by atoms with Crippen LogP contribution in [0.5, 0.6) is 5.75 Å². The summed E-state index contributed by atoms with van der Waals surface area (Å²) in [5, 5.41) is 12.4. The molecule has 3 nitrogen and oxygen atoms in total. The van der Waals surface area contributed by atoms with Crippen molar-refractivity contribution >= 4 is 28.3 Å². The molecule has 116 valence electrons. The highest BCUT2D eigenvalue weighted by Crippen LogP contribution is 2.29. The quantitative estimate of drug-likeness (QED) is 0.680. The topological polar surface area (TPSA) is 46.5 Å². The van der Waals surface area contributed by atoms with E-state index in [0.29, 0.717) is 5.02 Å². The normalized spacial score (nSPS) is 12.1. The highest BCUT2D eigenvalue weighted by Gasteiger charge is 2.19. The van der Waals surface area contributed by atoms with Gasteiger partial charge in [-0.3, -0.25) is 0 Å². The number of ether oxygens (including phenoxy) is 1. The van der Waals surface area contributed by atoms with Crippen LogP contribution in [-0.2, 0) is 4.74 Å². The van der Waals surface area contributed by atoms with Crippen LogP contribution in [0.2, 0.25) is 5.02 Å². The second-order valence-corrected chi connectivity index (χ2v) is 5.69. The summed E-state index contributed by atoms with van der Waals surface area (Å²) < 4.78 is 5.45. The number of phenolic OH excluding ortho intramolecular Hbond substituents is 1. The van der Waals surface area contributed by atoms with Crippen molar-refractivity contribution in [3.8, 4) is 5.75 Å². The molecule has 0 radical (unpaired) electrons. The van der Waals surface area contributed by atoms with Crippen molar-refractivity contribution in [2.75, 3.05) is 0 Å². The molecule has 3 aromatic rings. The Morgan fingerprint density at radius 1 is 1.04 bits per heavy atom. The molecule has 1 N–H and O–H groups in total. The summed E-state index contributed by atoms with van der Waals surface area (Å²) in [7, 11) is 0. The van der Waals surface area contributed by atoms with E-state index in [-0.39, 0.29) is 11.3 Å². The second-order valence-electron chi connectivity index (χ2n) is 5.29. The van der Waals surface area contributed by atoms with Crippen molar-refractivity contribution in [1.82, 2.24) is 0 Å². The molecule has 0 aliphatic carbocycles. The number of esters is 1. The Morgan fingerprint density at radius 3 is 2.35 bits per heavy atom. The molecule has 23 heavy (non-hydrogen) atoms. The van der Waals surface area contributed by atoms with Gasteiger partial charge in [-0.1, -0.05) is 54.1 Å². The van der Waals surface area contributed by atoms with Gasteiger partial charge in [0.25, 0.3) is 0 Å². The van der Waals surface area contributed by atoms with Crippen LogP contribution in [0.4, 0.5) is 0 Å². The summed E-state index contributed by atoms with van der Waals surface area (Å²) >= 11 is 6.12. The molecule has 0 spiro atoms. The van der Waals surface area contributed by atoms with E-state index >= 15 is 0 Å². The maximum absolute atomic E-state index is 12.4. The average Bonchev–Trinajstić information content (AvgIpc) is 2.54. The van der Waals surface area contributed by atoms with E-state index in [1.807, 2.05) is 36.4 Å². The van der Waals surface area contributed by atoms with Gasteiger partial charge in [0.05, 0.1) is 0 Å². The minimum Gasteiger partial charge on any atom is -0.507 e. The van der Waals surface area contributed by atoms with Gasteiger partial charge in [0, 0.05) is 10.6 Å². The van der Waals surface area contributed by atoms with Crippen LogP contribution in [0.1, 0.15) is 28.9 Å². The highest BCUT2D eigenvalue weighted by atomic mass is 35.5. The number of carbonyl (C=O) groups excluding carboxylic acids is 1. The monoisotopic (exact) mass is 326 g/mol. The lowest BCUT2D eigenvalue weighted by Gasteiger charge is -2.15. The minimum absolute atomic E-state index is 0.0972. The van der Waals surface area contributed by atoms with Crippen molar-refractivity contribution in [2.45, 2.75) is 13.0 Å². The smallest absolute Gasteiger partial charge is 0.342 e. The Bertz CT molecular complexity index is 873. The lowest BCUT2D eigenvalue weighted by Crippen LogP contribution is -2.10. The molecule has 3 aromatic carbocycles. The van der Waals surface area contributed by atoms with Gasteiger partial charge in [0.1, 0.15) is 17.4 Å². The molecule has 0 fully saturated rings. The lowest BCUT2D eigenvalue weighted by atomic mass is 10.1. The second kappa shape index (κ2) is 6.31. The van der Waals surface area contributed by atoms with Crippen LogP contribution < -0.4 is 0 Å². The van der Waals surface area contributed by atoms with Gasteiger partial charge in [0.2, 0.25) is 0 Å². The predicted octanol–water partition coefficient (Wildman–Crippen LogP) is 5.12. The summed E-state index contributed by atoms with van der Waals surface area (Å²) in [6.07, 6.45) is -0.512. The fourth-order valence-corrected chi connectivity index (χ4v) is 2.77. The molecule has 1 atom stereocenters. The molecule has 3 rings (SSSR count). The number of phenols is 1. The zero-order valence-electron chi connectivity index (χ0n) is 12.5. The fourth-order valence-electron chi connectivity index (χ4n) is 2.48. The summed E-state index contributed by atoms with van der Waals surface area (Å²) in [5.41, 5.74) is 0.866. The molecular formula is C19H15ClO3. The first-order valence-corrected chi connectivity index (χ1v) is 7.61. The maximum atomic E-state index is 12.4. The predicted molar refractivity (Wildman–Crippen MR) is 90.9 cm³/mol. The largest absolute Gasteiger partial charge is 0.507 e. The zero-order chi connectivity index (χ0) is 16.4. The number of halogens is 1. The number of aromatic hydroxyl groups is 1. The Balaban J connectivity index is 1.89. The molecule has 0 aliphatic heterocycles. The van der Waals surface area contributed by atoms with Crippen LogP contribution in [0.25, 0.3) is 10.8 Å². The molecule has 0 saturated heterocycles. The summed E-state index contributed by atoms with van der Waals surface area (Å²) in [6.45, 7) is 1.75. The van der Waals surface area contributed by atoms with Gasteiger partial charge in [-0.25, -0.2) is 4.79 Å². The first-order chi connectivity index (χ1) is 11.1. The molecule has 0 bridgehead atoms. The Hall–Kier alpha value is -2.52. The summed E-state index contributed by atoms with van der Waals surface area (Å²) in [4.78, 5) is 12.4. The molecule has 0 heterocycles. The third-order valence-electron chi connectivity index (χ3n) is 3.71. The van der Waals surface area contributed by atoms with Crippen molar-refractivity contribution in [1.29, 1.82) is 0 Å². The van der Waals surface area contributed by atoms with Gasteiger partial charge >= 0.3 is 5.97 Å². The molecule has 0 unspecified atom stereocenters. The van der Waals surface area contributed by atoms with E-state index in [4.69, 9.17) is 16.3 Å². The van der Waals surface area contributed by atoms with Gasteiger partial charge in [-0.2, -0.15) is 0 Å².